The van der Waals surface area contributed by atoms with Gasteiger partial charge in [0, 0.05) is 31.7 Å². The van der Waals surface area contributed by atoms with Crippen molar-refractivity contribution in [1.82, 2.24) is 25.3 Å². The second-order valence-electron chi connectivity index (χ2n) is 6.26. The van der Waals surface area contributed by atoms with Gasteiger partial charge in [0.2, 0.25) is 5.82 Å². The van der Waals surface area contributed by atoms with Crippen molar-refractivity contribution in [3.63, 3.8) is 0 Å². The summed E-state index contributed by atoms with van der Waals surface area (Å²) >= 11 is 0. The van der Waals surface area contributed by atoms with Gasteiger partial charge in [-0.15, -0.1) is 0 Å². The Morgan fingerprint density at radius 3 is 2.56 bits per heavy atom. The average Bonchev–Trinajstić information content (AvgIpc) is 3.06. The summed E-state index contributed by atoms with van der Waals surface area (Å²) in [5, 5.41) is 6.87. The van der Waals surface area contributed by atoms with Crippen LogP contribution < -0.4 is 5.32 Å². The Labute approximate surface area is 143 Å². The molecule has 1 N–H and O–H groups in total. The Morgan fingerprint density at radius 1 is 1.20 bits per heavy atom. The van der Waals surface area contributed by atoms with Crippen LogP contribution in [-0.2, 0) is 12.7 Å². The molecular formula is C16H20F3N5O. The number of rotatable bonds is 4. The van der Waals surface area contributed by atoms with Gasteiger partial charge >= 0.3 is 12.1 Å². The summed E-state index contributed by atoms with van der Waals surface area (Å²) in [7, 11) is 4.18. The van der Waals surface area contributed by atoms with Crippen molar-refractivity contribution < 1.29 is 17.7 Å². The first-order chi connectivity index (χ1) is 11.8. The van der Waals surface area contributed by atoms with Crippen LogP contribution >= 0.6 is 0 Å². The third-order valence-corrected chi connectivity index (χ3v) is 4.27. The fraction of sp³-hybridized carbons (Fsp3) is 0.500. The third-order valence-electron chi connectivity index (χ3n) is 4.27. The zero-order valence-corrected chi connectivity index (χ0v) is 14.0. The summed E-state index contributed by atoms with van der Waals surface area (Å²) in [6.45, 7) is 3.67. The Bertz CT molecular complexity index is 701. The smallest absolute Gasteiger partial charge is 0.329 e. The minimum atomic E-state index is -4.63. The van der Waals surface area contributed by atoms with E-state index in [2.05, 4.69) is 43.9 Å². The lowest BCUT2D eigenvalue weighted by atomic mass is 10.1. The average molecular weight is 355 g/mol. The number of alkyl halides is 3. The molecule has 136 valence electrons. The number of piperazine rings is 1. The Hall–Kier alpha value is -1.97. The van der Waals surface area contributed by atoms with Crippen molar-refractivity contribution in [2.75, 3.05) is 33.7 Å². The number of likely N-dealkylation sites (N-methyl/N-ethyl adjacent to an activating group) is 2. The van der Waals surface area contributed by atoms with Gasteiger partial charge in [-0.3, -0.25) is 10.2 Å². The molecule has 1 saturated heterocycles. The lowest BCUT2D eigenvalue weighted by Crippen LogP contribution is -2.56. The molecule has 2 aromatic rings. The predicted octanol–water partition coefficient (Wildman–Crippen LogP) is 2.05. The maximum Gasteiger partial charge on any atom is 0.471 e. The molecule has 1 unspecified atom stereocenters. The van der Waals surface area contributed by atoms with Gasteiger partial charge in [-0.1, -0.05) is 29.4 Å². The molecule has 0 bridgehead atoms. The van der Waals surface area contributed by atoms with Crippen molar-refractivity contribution in [2.45, 2.75) is 18.9 Å². The highest BCUT2D eigenvalue weighted by molar-refractivity contribution is 5.54. The molecule has 0 aliphatic carbocycles. The van der Waals surface area contributed by atoms with E-state index in [9.17, 15) is 13.2 Å². The van der Waals surface area contributed by atoms with Crippen LogP contribution in [0.3, 0.4) is 0 Å². The Morgan fingerprint density at radius 2 is 1.92 bits per heavy atom. The lowest BCUT2D eigenvalue weighted by molar-refractivity contribution is -0.159. The normalized spacial score (nSPS) is 20.1. The zero-order valence-electron chi connectivity index (χ0n) is 14.0. The number of benzene rings is 1. The maximum atomic E-state index is 12.5. The molecule has 6 nitrogen and oxygen atoms in total. The fourth-order valence-corrected chi connectivity index (χ4v) is 2.69. The first-order valence-electron chi connectivity index (χ1n) is 7.95. The van der Waals surface area contributed by atoms with E-state index >= 15 is 0 Å². The zero-order chi connectivity index (χ0) is 18.0. The van der Waals surface area contributed by atoms with Crippen molar-refractivity contribution in [2.24, 2.45) is 0 Å². The van der Waals surface area contributed by atoms with Crippen LogP contribution in [0.4, 0.5) is 13.2 Å². The molecule has 1 fully saturated rings. The predicted molar refractivity (Wildman–Crippen MR) is 85.5 cm³/mol. The van der Waals surface area contributed by atoms with E-state index in [-0.39, 0.29) is 12.0 Å². The topological polar surface area (TPSA) is 57.4 Å². The Kier molecular flexibility index (Phi) is 5.07. The van der Waals surface area contributed by atoms with Crippen molar-refractivity contribution in [3.05, 3.63) is 35.7 Å². The second kappa shape index (κ2) is 7.11. The van der Waals surface area contributed by atoms with E-state index in [0.717, 1.165) is 25.2 Å². The second-order valence-corrected chi connectivity index (χ2v) is 6.26. The summed E-state index contributed by atoms with van der Waals surface area (Å²) in [6.07, 6.45) is -4.36. The maximum absolute atomic E-state index is 12.5. The monoisotopic (exact) mass is 355 g/mol. The van der Waals surface area contributed by atoms with Crippen LogP contribution in [0.15, 0.2) is 28.8 Å². The van der Waals surface area contributed by atoms with E-state index in [1.54, 1.807) is 12.1 Å². The van der Waals surface area contributed by atoms with Crippen molar-refractivity contribution in [3.8, 4) is 11.4 Å². The van der Waals surface area contributed by atoms with Gasteiger partial charge in [-0.25, -0.2) is 0 Å². The largest absolute Gasteiger partial charge is 0.471 e. The van der Waals surface area contributed by atoms with E-state index in [1.807, 2.05) is 12.1 Å². The first kappa shape index (κ1) is 17.8. The number of nitrogens with zero attached hydrogens (tertiary/aromatic N) is 4. The Balaban J connectivity index is 1.61. The summed E-state index contributed by atoms with van der Waals surface area (Å²) < 4.78 is 41.8. The van der Waals surface area contributed by atoms with E-state index < -0.39 is 12.1 Å². The van der Waals surface area contributed by atoms with E-state index in [1.165, 1.54) is 0 Å². The van der Waals surface area contributed by atoms with Gasteiger partial charge in [0.05, 0.1) is 6.17 Å². The van der Waals surface area contributed by atoms with E-state index in [0.29, 0.717) is 12.1 Å². The first-order valence-corrected chi connectivity index (χ1v) is 7.95. The van der Waals surface area contributed by atoms with E-state index in [4.69, 9.17) is 0 Å². The van der Waals surface area contributed by atoms with Crippen LogP contribution in [0.5, 0.6) is 0 Å². The molecular weight excluding hydrogens is 335 g/mol. The fourth-order valence-electron chi connectivity index (χ4n) is 2.69. The summed E-state index contributed by atoms with van der Waals surface area (Å²) in [6, 6.07) is 7.08. The molecule has 1 aliphatic rings. The van der Waals surface area contributed by atoms with Crippen LogP contribution in [0.25, 0.3) is 11.4 Å². The molecule has 0 saturated carbocycles. The molecule has 1 atom stereocenters. The molecule has 25 heavy (non-hydrogen) atoms. The highest BCUT2D eigenvalue weighted by Crippen LogP contribution is 2.29. The molecule has 3 rings (SSSR count). The van der Waals surface area contributed by atoms with Gasteiger partial charge in [0.15, 0.2) is 0 Å². The summed E-state index contributed by atoms with van der Waals surface area (Å²) in [5.41, 5.74) is 1.52. The SMILES string of the molecule is CN1CCN(C)C(NCc2ccc(-c3noc(C(F)(F)F)n3)cc2)C1. The number of halogens is 3. The van der Waals surface area contributed by atoms with Gasteiger partial charge in [-0.05, 0) is 19.7 Å². The van der Waals surface area contributed by atoms with Gasteiger partial charge in [0.1, 0.15) is 0 Å². The minimum absolute atomic E-state index is 0.0690. The van der Waals surface area contributed by atoms with Crippen molar-refractivity contribution in [1.29, 1.82) is 0 Å². The van der Waals surface area contributed by atoms with Crippen molar-refractivity contribution >= 4 is 0 Å². The highest BCUT2D eigenvalue weighted by Gasteiger charge is 2.38. The van der Waals surface area contributed by atoms with Crippen LogP contribution in [-0.4, -0.2) is 59.8 Å². The van der Waals surface area contributed by atoms with Crippen LogP contribution in [0.1, 0.15) is 11.5 Å². The number of hydrogen-bond acceptors (Lipinski definition) is 6. The van der Waals surface area contributed by atoms with Crippen LogP contribution in [0, 0.1) is 0 Å². The summed E-state index contributed by atoms with van der Waals surface area (Å²) in [4.78, 5) is 7.93. The van der Waals surface area contributed by atoms with Gasteiger partial charge in [0.25, 0.3) is 0 Å². The number of hydrogen-bond donors (Lipinski definition) is 1. The molecule has 1 aromatic heterocycles. The quantitative estimate of drug-likeness (QED) is 0.906. The standard InChI is InChI=1S/C16H20F3N5O/c1-23-7-8-24(2)13(10-23)20-9-11-3-5-12(6-4-11)14-21-15(25-22-14)16(17,18)19/h3-6,13,20H,7-10H2,1-2H3. The number of nitrogens with one attached hydrogen (secondary N) is 1. The molecule has 2 heterocycles. The molecule has 9 heteroatoms. The summed E-state index contributed by atoms with van der Waals surface area (Å²) in [5.74, 6) is -1.40. The molecule has 0 amide bonds. The molecule has 0 spiro atoms. The lowest BCUT2D eigenvalue weighted by Gasteiger charge is -2.38. The molecule has 0 radical (unpaired) electrons. The number of aromatic nitrogens is 2. The van der Waals surface area contributed by atoms with Gasteiger partial charge < -0.3 is 9.42 Å². The molecule has 1 aromatic carbocycles. The van der Waals surface area contributed by atoms with Crippen LogP contribution in [0.2, 0.25) is 0 Å². The molecule has 1 aliphatic heterocycles. The third kappa shape index (κ3) is 4.36. The minimum Gasteiger partial charge on any atom is -0.329 e. The van der Waals surface area contributed by atoms with Gasteiger partial charge in [-0.2, -0.15) is 18.2 Å². The highest BCUT2D eigenvalue weighted by atomic mass is 19.4.